The van der Waals surface area contributed by atoms with Crippen molar-refractivity contribution >= 4 is 17.2 Å². The minimum absolute atomic E-state index is 0. The first kappa shape index (κ1) is 37.7. The van der Waals surface area contributed by atoms with Crippen molar-refractivity contribution in [1.29, 1.82) is 0 Å². The maximum atomic E-state index is 11.8. The Morgan fingerprint density at radius 2 is 1.10 bits per heavy atom. The van der Waals surface area contributed by atoms with E-state index < -0.39 is 30.0 Å². The van der Waals surface area contributed by atoms with E-state index in [1.54, 1.807) is 0 Å². The van der Waals surface area contributed by atoms with Gasteiger partial charge in [-0.05, 0) is 59.7 Å². The lowest BCUT2D eigenvalue weighted by Crippen LogP contribution is -2.32. The molecular formula is C38H38F6N2O4. The molecule has 6 rings (SSSR count). The second kappa shape index (κ2) is 15.2. The number of ketones is 1. The number of allylic oxidation sites excluding steroid dienone is 2. The van der Waals surface area contributed by atoms with E-state index in [0.717, 1.165) is 24.6 Å². The van der Waals surface area contributed by atoms with Crippen LogP contribution in [0.3, 0.4) is 0 Å². The van der Waals surface area contributed by atoms with Crippen molar-refractivity contribution in [2.75, 3.05) is 30.4 Å². The Hall–Kier alpha value is -5.13. The molecule has 4 aromatic carbocycles. The van der Waals surface area contributed by atoms with Gasteiger partial charge in [0.1, 0.15) is 11.5 Å². The van der Waals surface area contributed by atoms with Crippen LogP contribution in [0.5, 0.6) is 11.5 Å². The lowest BCUT2D eigenvalue weighted by Gasteiger charge is -2.34. The number of fused-ring (bicyclic) bond motifs is 2. The summed E-state index contributed by atoms with van der Waals surface area (Å²) in [6.07, 6.45) is -11.1. The molecule has 4 aromatic rings. The SMILES string of the molecule is C.CC(C)(c1ccc2c(c1)CN(c1ccccc1)CO2)c1ccc2c(c1)CN(c1ccccc1)CO2.CO/C(=C\C(=O)C(F)(F)F)C(F)(F)F. The third-order valence-electron chi connectivity index (χ3n) is 8.32. The third-order valence-corrected chi connectivity index (χ3v) is 8.32. The highest BCUT2D eigenvalue weighted by molar-refractivity contribution is 5.94. The van der Waals surface area contributed by atoms with E-state index in [2.05, 4.69) is 113 Å². The van der Waals surface area contributed by atoms with E-state index in [1.807, 2.05) is 12.1 Å². The predicted molar refractivity (Wildman–Crippen MR) is 180 cm³/mol. The standard InChI is InChI=1S/C31H30N2O2.C6H4F6O2.CH4/c1-31(2,25-13-15-29-23(17-25)19-32(21-34-29)27-9-5-3-6-10-27)26-14-16-30-24(18-26)20-33(22-35-30)28-11-7-4-8-12-28;1-14-4(6(10,11)12)2-3(13)5(7,8)9;/h3-18H,19-22H2,1-2H3;2H,1H3;1H4/b;4-2-;. The van der Waals surface area contributed by atoms with E-state index in [-0.39, 0.29) is 12.8 Å². The summed E-state index contributed by atoms with van der Waals surface area (Å²) in [6, 6.07) is 34.2. The molecule has 6 nitrogen and oxygen atoms in total. The summed E-state index contributed by atoms with van der Waals surface area (Å²) >= 11 is 0. The quantitative estimate of drug-likeness (QED) is 0.114. The van der Waals surface area contributed by atoms with Crippen LogP contribution >= 0.6 is 0 Å². The Kier molecular flexibility index (Phi) is 11.4. The van der Waals surface area contributed by atoms with Crippen LogP contribution in [0, 0.1) is 0 Å². The van der Waals surface area contributed by atoms with Gasteiger partial charge < -0.3 is 24.0 Å². The molecule has 0 saturated heterocycles. The van der Waals surface area contributed by atoms with Gasteiger partial charge in [-0.25, -0.2) is 0 Å². The number of alkyl halides is 6. The number of benzene rings is 4. The number of halogens is 6. The first-order valence-corrected chi connectivity index (χ1v) is 15.2. The summed E-state index contributed by atoms with van der Waals surface area (Å²) in [5.74, 6) is -2.64. The number of carbonyl (C=O) groups excluding carboxylic acids is 1. The molecule has 2 aliphatic heterocycles. The summed E-state index contributed by atoms with van der Waals surface area (Å²) < 4.78 is 85.6. The van der Waals surface area contributed by atoms with Gasteiger partial charge in [0.2, 0.25) is 5.76 Å². The molecule has 0 saturated carbocycles. The number of methoxy groups -OCH3 is 1. The molecule has 0 bridgehead atoms. The minimum atomic E-state index is -5.34. The molecule has 0 fully saturated rings. The van der Waals surface area contributed by atoms with Gasteiger partial charge in [0.05, 0.1) is 7.11 Å². The molecule has 50 heavy (non-hydrogen) atoms. The summed E-state index contributed by atoms with van der Waals surface area (Å²) in [7, 11) is 0.517. The third kappa shape index (κ3) is 8.71. The van der Waals surface area contributed by atoms with Gasteiger partial charge in [0, 0.05) is 47.1 Å². The summed E-state index contributed by atoms with van der Waals surface area (Å²) in [6.45, 7) is 7.42. The maximum Gasteiger partial charge on any atom is 0.454 e. The van der Waals surface area contributed by atoms with Crippen molar-refractivity contribution in [3.05, 3.63) is 131 Å². The molecule has 0 aliphatic carbocycles. The highest BCUT2D eigenvalue weighted by Gasteiger charge is 2.42. The van der Waals surface area contributed by atoms with Gasteiger partial charge in [0.15, 0.2) is 13.5 Å². The monoisotopic (exact) mass is 700 g/mol. The Morgan fingerprint density at radius 3 is 1.46 bits per heavy atom. The second-order valence-electron chi connectivity index (χ2n) is 12.0. The smallest absolute Gasteiger partial charge is 0.454 e. The van der Waals surface area contributed by atoms with Crippen molar-refractivity contribution in [3.63, 3.8) is 0 Å². The topological polar surface area (TPSA) is 51.2 Å². The van der Waals surface area contributed by atoms with E-state index in [0.29, 0.717) is 20.6 Å². The van der Waals surface area contributed by atoms with Crippen molar-refractivity contribution in [3.8, 4) is 11.5 Å². The van der Waals surface area contributed by atoms with Gasteiger partial charge in [-0.1, -0.05) is 69.8 Å². The average Bonchev–Trinajstić information content (AvgIpc) is 3.09. The number of para-hydroxylation sites is 2. The Morgan fingerprint density at radius 1 is 0.680 bits per heavy atom. The molecule has 0 amide bonds. The lowest BCUT2D eigenvalue weighted by atomic mass is 9.77. The van der Waals surface area contributed by atoms with Crippen LogP contribution in [0.1, 0.15) is 43.5 Å². The molecule has 12 heteroatoms. The van der Waals surface area contributed by atoms with Crippen LogP contribution < -0.4 is 19.3 Å². The average molecular weight is 701 g/mol. The predicted octanol–water partition coefficient (Wildman–Crippen LogP) is 9.57. The van der Waals surface area contributed by atoms with Gasteiger partial charge in [-0.3, -0.25) is 4.79 Å². The molecule has 2 aliphatic rings. The van der Waals surface area contributed by atoms with Crippen molar-refractivity contribution < 1.29 is 45.3 Å². The van der Waals surface area contributed by atoms with E-state index in [9.17, 15) is 31.1 Å². The number of hydrogen-bond donors (Lipinski definition) is 0. The number of rotatable bonds is 6. The van der Waals surface area contributed by atoms with Crippen LogP contribution in [0.15, 0.2) is 109 Å². The fourth-order valence-corrected chi connectivity index (χ4v) is 5.50. The van der Waals surface area contributed by atoms with Crippen LogP contribution in [0.25, 0.3) is 0 Å². The normalized spacial score (nSPS) is 14.5. The Balaban J connectivity index is 0.000000321. The van der Waals surface area contributed by atoms with Crippen LogP contribution in [-0.4, -0.2) is 38.7 Å². The van der Waals surface area contributed by atoms with Crippen LogP contribution in [-0.2, 0) is 28.0 Å². The van der Waals surface area contributed by atoms with Gasteiger partial charge in [-0.15, -0.1) is 0 Å². The number of anilines is 2. The molecule has 0 atom stereocenters. The van der Waals surface area contributed by atoms with Crippen LogP contribution in [0.4, 0.5) is 37.7 Å². The largest absolute Gasteiger partial charge is 0.492 e. The summed E-state index contributed by atoms with van der Waals surface area (Å²) in [5.41, 5.74) is 7.22. The number of hydrogen-bond acceptors (Lipinski definition) is 6. The second-order valence-corrected chi connectivity index (χ2v) is 12.0. The molecule has 0 spiro atoms. The molecule has 0 unspecified atom stereocenters. The first-order valence-electron chi connectivity index (χ1n) is 15.2. The number of nitrogens with zero attached hydrogens (tertiary/aromatic N) is 2. The summed E-state index contributed by atoms with van der Waals surface area (Å²) in [4.78, 5) is 14.6. The zero-order valence-electron chi connectivity index (χ0n) is 26.9. The van der Waals surface area contributed by atoms with Gasteiger partial charge in [-0.2, -0.15) is 26.3 Å². The van der Waals surface area contributed by atoms with Gasteiger partial charge in [0.25, 0.3) is 5.78 Å². The van der Waals surface area contributed by atoms with Crippen molar-refractivity contribution in [2.45, 2.75) is 52.1 Å². The van der Waals surface area contributed by atoms with E-state index in [4.69, 9.17) is 9.47 Å². The highest BCUT2D eigenvalue weighted by atomic mass is 19.4. The fourth-order valence-electron chi connectivity index (χ4n) is 5.50. The molecule has 0 radical (unpaired) electrons. The Bertz CT molecular complexity index is 1690. The number of carbonyl (C=O) groups is 1. The molecule has 2 heterocycles. The van der Waals surface area contributed by atoms with E-state index in [1.165, 1.54) is 33.6 Å². The Labute approximate surface area is 287 Å². The van der Waals surface area contributed by atoms with Gasteiger partial charge >= 0.3 is 12.4 Å². The molecule has 0 N–H and O–H groups in total. The highest BCUT2D eigenvalue weighted by Crippen LogP contribution is 2.39. The van der Waals surface area contributed by atoms with Crippen molar-refractivity contribution in [2.24, 2.45) is 0 Å². The fraction of sp³-hybridized carbons (Fsp3) is 0.289. The maximum absolute atomic E-state index is 11.8. The zero-order chi connectivity index (χ0) is 35.4. The first-order chi connectivity index (χ1) is 23.2. The van der Waals surface area contributed by atoms with Crippen molar-refractivity contribution in [1.82, 2.24) is 0 Å². The van der Waals surface area contributed by atoms with Crippen LogP contribution in [0.2, 0.25) is 0 Å². The summed E-state index contributed by atoms with van der Waals surface area (Å²) in [5, 5.41) is 0. The molecule has 0 aromatic heterocycles. The minimum Gasteiger partial charge on any atom is -0.492 e. The molecular weight excluding hydrogens is 662 g/mol. The number of ether oxygens (including phenoxy) is 3. The zero-order valence-corrected chi connectivity index (χ0v) is 26.9. The lowest BCUT2D eigenvalue weighted by molar-refractivity contribution is -0.167. The molecule has 266 valence electrons. The van der Waals surface area contributed by atoms with E-state index >= 15 is 0 Å².